The topological polar surface area (TPSA) is 21.3 Å². The van der Waals surface area contributed by atoms with Crippen LogP contribution >= 0.6 is 11.6 Å². The highest BCUT2D eigenvalue weighted by molar-refractivity contribution is 6.30. The van der Waals surface area contributed by atoms with E-state index in [0.29, 0.717) is 10.8 Å². The second kappa shape index (κ2) is 4.74. The van der Waals surface area contributed by atoms with Crippen LogP contribution in [0.3, 0.4) is 0 Å². The van der Waals surface area contributed by atoms with E-state index in [1.54, 1.807) is 13.2 Å². The fourth-order valence-electron chi connectivity index (χ4n) is 2.50. The van der Waals surface area contributed by atoms with Crippen molar-refractivity contribution in [3.05, 3.63) is 58.4 Å². The van der Waals surface area contributed by atoms with E-state index < -0.39 is 0 Å². The highest BCUT2D eigenvalue weighted by atomic mass is 35.5. The maximum atomic E-state index is 13.4. The summed E-state index contributed by atoms with van der Waals surface area (Å²) in [6.07, 6.45) is 0.774. The van der Waals surface area contributed by atoms with Gasteiger partial charge in [-0.2, -0.15) is 0 Å². The Morgan fingerprint density at radius 3 is 2.89 bits per heavy atom. The van der Waals surface area contributed by atoms with Gasteiger partial charge in [-0.25, -0.2) is 4.39 Å². The molecule has 2 nitrogen and oxygen atoms in total. The van der Waals surface area contributed by atoms with Crippen LogP contribution in [-0.4, -0.2) is 7.11 Å². The monoisotopic (exact) mass is 277 g/mol. The minimum absolute atomic E-state index is 0.0131. The van der Waals surface area contributed by atoms with Crippen molar-refractivity contribution >= 4 is 17.3 Å². The Bertz CT molecular complexity index is 630. The minimum Gasteiger partial charge on any atom is -0.496 e. The number of methoxy groups -OCH3 is 1. The van der Waals surface area contributed by atoms with Crippen LogP contribution in [0.2, 0.25) is 5.02 Å². The maximum Gasteiger partial charge on any atom is 0.124 e. The maximum absolute atomic E-state index is 13.4. The number of halogens is 2. The lowest BCUT2D eigenvalue weighted by Gasteiger charge is -2.15. The summed E-state index contributed by atoms with van der Waals surface area (Å²) < 4.78 is 18.7. The number of rotatable bonds is 2. The van der Waals surface area contributed by atoms with E-state index in [9.17, 15) is 4.39 Å². The largest absolute Gasteiger partial charge is 0.496 e. The molecule has 0 aromatic heterocycles. The van der Waals surface area contributed by atoms with Gasteiger partial charge in [-0.1, -0.05) is 11.6 Å². The molecule has 0 amide bonds. The molecule has 0 bridgehead atoms. The zero-order valence-electron chi connectivity index (χ0n) is 10.4. The number of fused-ring (bicyclic) bond motifs is 1. The predicted molar refractivity (Wildman–Crippen MR) is 74.5 cm³/mol. The van der Waals surface area contributed by atoms with Gasteiger partial charge in [0.1, 0.15) is 11.6 Å². The van der Waals surface area contributed by atoms with Gasteiger partial charge in [-0.3, -0.25) is 0 Å². The molecule has 4 heteroatoms. The summed E-state index contributed by atoms with van der Waals surface area (Å²) >= 11 is 5.99. The Hall–Kier alpha value is -1.74. The Balaban J connectivity index is 1.96. The summed E-state index contributed by atoms with van der Waals surface area (Å²) in [6.45, 7) is 0. The Labute approximate surface area is 116 Å². The lowest BCUT2D eigenvalue weighted by molar-refractivity contribution is 0.406. The summed E-state index contributed by atoms with van der Waals surface area (Å²) in [5.74, 6) is 0.435. The van der Waals surface area contributed by atoms with Gasteiger partial charge in [0.15, 0.2) is 0 Å². The van der Waals surface area contributed by atoms with Gasteiger partial charge in [0.05, 0.1) is 13.2 Å². The molecular formula is C15H13ClFNO. The molecule has 1 atom stereocenters. The molecular weight excluding hydrogens is 265 g/mol. The summed E-state index contributed by atoms with van der Waals surface area (Å²) in [5.41, 5.74) is 3.01. The fourth-order valence-corrected chi connectivity index (χ4v) is 2.69. The molecule has 0 fully saturated rings. The van der Waals surface area contributed by atoms with Gasteiger partial charge in [-0.15, -0.1) is 0 Å². The van der Waals surface area contributed by atoms with Crippen LogP contribution in [-0.2, 0) is 6.42 Å². The van der Waals surface area contributed by atoms with Crippen LogP contribution in [0.5, 0.6) is 5.75 Å². The minimum atomic E-state index is -0.258. The third kappa shape index (κ3) is 2.26. The van der Waals surface area contributed by atoms with Crippen molar-refractivity contribution in [2.75, 3.05) is 12.4 Å². The average Bonchev–Trinajstić information content (AvgIpc) is 2.81. The molecule has 2 aromatic carbocycles. The number of nitrogens with one attached hydrogen (secondary N) is 1. The van der Waals surface area contributed by atoms with Crippen molar-refractivity contribution in [3.63, 3.8) is 0 Å². The molecule has 98 valence electrons. The van der Waals surface area contributed by atoms with Crippen LogP contribution in [0.25, 0.3) is 0 Å². The first kappa shape index (κ1) is 12.3. The summed E-state index contributed by atoms with van der Waals surface area (Å²) in [4.78, 5) is 0. The normalized spacial score (nSPS) is 16.9. The zero-order chi connectivity index (χ0) is 13.4. The molecule has 2 aromatic rings. The smallest absolute Gasteiger partial charge is 0.124 e. The van der Waals surface area contributed by atoms with E-state index in [0.717, 1.165) is 23.2 Å². The van der Waals surface area contributed by atoms with Gasteiger partial charge in [0, 0.05) is 16.3 Å². The number of hydrogen-bond donors (Lipinski definition) is 1. The van der Waals surface area contributed by atoms with Crippen molar-refractivity contribution in [1.82, 2.24) is 0 Å². The predicted octanol–water partition coefficient (Wildman–Crippen LogP) is 4.20. The SMILES string of the molecule is COc1ccc(F)cc1C1Cc2cc(Cl)ccc2N1. The molecule has 0 saturated carbocycles. The molecule has 3 rings (SSSR count). The van der Waals surface area contributed by atoms with E-state index in [1.807, 2.05) is 18.2 Å². The highest BCUT2D eigenvalue weighted by Gasteiger charge is 2.25. The second-order valence-electron chi connectivity index (χ2n) is 4.59. The highest BCUT2D eigenvalue weighted by Crippen LogP contribution is 2.38. The number of benzene rings is 2. The standard InChI is InChI=1S/C15H13ClFNO/c1-19-15-5-3-11(17)8-12(15)14-7-9-6-10(16)2-4-13(9)18-14/h2-6,8,14,18H,7H2,1H3. The van der Waals surface area contributed by atoms with Gasteiger partial charge >= 0.3 is 0 Å². The van der Waals surface area contributed by atoms with Gasteiger partial charge < -0.3 is 10.1 Å². The Morgan fingerprint density at radius 1 is 1.26 bits per heavy atom. The van der Waals surface area contributed by atoms with Crippen molar-refractivity contribution in [2.45, 2.75) is 12.5 Å². The summed E-state index contributed by atoms with van der Waals surface area (Å²) in [7, 11) is 1.59. The number of anilines is 1. The van der Waals surface area contributed by atoms with Gasteiger partial charge in [0.2, 0.25) is 0 Å². The molecule has 19 heavy (non-hydrogen) atoms. The third-order valence-electron chi connectivity index (χ3n) is 3.39. The number of ether oxygens (including phenoxy) is 1. The van der Waals surface area contributed by atoms with E-state index in [2.05, 4.69) is 5.32 Å². The van der Waals surface area contributed by atoms with Crippen LogP contribution in [0.15, 0.2) is 36.4 Å². The average molecular weight is 278 g/mol. The van der Waals surface area contributed by atoms with Crippen molar-refractivity contribution < 1.29 is 9.13 Å². The van der Waals surface area contributed by atoms with Crippen LogP contribution < -0.4 is 10.1 Å². The molecule has 0 aliphatic carbocycles. The molecule has 0 saturated heterocycles. The molecule has 0 radical (unpaired) electrons. The number of hydrogen-bond acceptors (Lipinski definition) is 2. The third-order valence-corrected chi connectivity index (χ3v) is 3.62. The first-order valence-corrected chi connectivity index (χ1v) is 6.43. The van der Waals surface area contributed by atoms with E-state index in [4.69, 9.17) is 16.3 Å². The zero-order valence-corrected chi connectivity index (χ0v) is 11.2. The fraction of sp³-hybridized carbons (Fsp3) is 0.200. The quantitative estimate of drug-likeness (QED) is 0.888. The lowest BCUT2D eigenvalue weighted by Crippen LogP contribution is -2.08. The first-order valence-electron chi connectivity index (χ1n) is 6.06. The van der Waals surface area contributed by atoms with Crippen LogP contribution in [0.4, 0.5) is 10.1 Å². The summed E-state index contributed by atoms with van der Waals surface area (Å²) in [6, 6.07) is 10.3. The molecule has 1 heterocycles. The molecule has 1 aliphatic rings. The Kier molecular flexibility index (Phi) is 3.07. The lowest BCUT2D eigenvalue weighted by atomic mass is 10.0. The van der Waals surface area contributed by atoms with Gasteiger partial charge in [-0.05, 0) is 48.4 Å². The van der Waals surface area contributed by atoms with E-state index >= 15 is 0 Å². The van der Waals surface area contributed by atoms with Gasteiger partial charge in [0.25, 0.3) is 0 Å². The Morgan fingerprint density at radius 2 is 2.11 bits per heavy atom. The first-order chi connectivity index (χ1) is 9.17. The summed E-state index contributed by atoms with van der Waals surface area (Å²) in [5, 5.41) is 4.09. The van der Waals surface area contributed by atoms with Crippen LogP contribution in [0.1, 0.15) is 17.2 Å². The molecule has 1 N–H and O–H groups in total. The molecule has 0 spiro atoms. The van der Waals surface area contributed by atoms with E-state index in [-0.39, 0.29) is 11.9 Å². The molecule has 1 unspecified atom stereocenters. The van der Waals surface area contributed by atoms with Crippen LogP contribution in [0, 0.1) is 5.82 Å². The van der Waals surface area contributed by atoms with Crippen molar-refractivity contribution in [2.24, 2.45) is 0 Å². The molecule has 1 aliphatic heterocycles. The van der Waals surface area contributed by atoms with Crippen molar-refractivity contribution in [1.29, 1.82) is 0 Å². The van der Waals surface area contributed by atoms with Crippen molar-refractivity contribution in [3.8, 4) is 5.75 Å². The van der Waals surface area contributed by atoms with E-state index in [1.165, 1.54) is 12.1 Å². The second-order valence-corrected chi connectivity index (χ2v) is 5.03.